The lowest BCUT2D eigenvalue weighted by atomic mass is 9.85. The maximum Gasteiger partial charge on any atom is 0.143 e. The zero-order valence-corrected chi connectivity index (χ0v) is 25.2. The molecule has 10 rings (SSSR count). The van der Waals surface area contributed by atoms with Gasteiger partial charge < -0.3 is 4.42 Å². The standard InChI is InChI=1S/C46H28O/c1-2-10-29(11-3-1)31-18-19-33-27-34(21-20-32(33)26-31)44-38-14-6-8-16-40(38)45(41-17-9-7-15-39(41)44)35-23-24-37-42-25-22-30-12-4-5-13-36(30)46(42)47-43(37)28-35/h1-28H/i1D,2D,3D,10D,11D. The fourth-order valence-electron chi connectivity index (χ4n) is 7.36. The first kappa shape index (κ1) is 21.5. The molecule has 47 heavy (non-hydrogen) atoms. The molecule has 0 saturated heterocycles. The van der Waals surface area contributed by atoms with Crippen LogP contribution in [0.3, 0.4) is 0 Å². The summed E-state index contributed by atoms with van der Waals surface area (Å²) in [7, 11) is 0. The van der Waals surface area contributed by atoms with Crippen LogP contribution in [0.5, 0.6) is 0 Å². The van der Waals surface area contributed by atoms with Crippen LogP contribution >= 0.6 is 0 Å². The first-order valence-electron chi connectivity index (χ1n) is 18.3. The lowest BCUT2D eigenvalue weighted by molar-refractivity contribution is 0.673. The Kier molecular flexibility index (Phi) is 4.66. The zero-order chi connectivity index (χ0) is 35.2. The number of fused-ring (bicyclic) bond motifs is 8. The minimum atomic E-state index is -0.390. The summed E-state index contributed by atoms with van der Waals surface area (Å²) in [6.07, 6.45) is 0. The van der Waals surface area contributed by atoms with E-state index in [2.05, 4.69) is 121 Å². The molecule has 0 aliphatic heterocycles. The van der Waals surface area contributed by atoms with Crippen molar-refractivity contribution in [1.29, 1.82) is 0 Å². The third-order valence-corrected chi connectivity index (χ3v) is 9.50. The molecule has 0 N–H and O–H groups in total. The highest BCUT2D eigenvalue weighted by atomic mass is 16.3. The quantitative estimate of drug-likeness (QED) is 0.184. The van der Waals surface area contributed by atoms with E-state index in [0.29, 0.717) is 5.56 Å². The molecular formula is C46H28O. The van der Waals surface area contributed by atoms with Crippen molar-refractivity contribution in [3.05, 3.63) is 170 Å². The molecule has 218 valence electrons. The SMILES string of the molecule is [2H]c1c([2H])c([2H])c(-c2ccc3cc(-c4c5ccccc5c(-c5ccc6c(c5)oc5c7ccccc7ccc65)c5ccccc45)ccc3c2)c([2H])c1[2H]. The van der Waals surface area contributed by atoms with Gasteiger partial charge in [0, 0.05) is 16.2 Å². The normalized spacial score (nSPS) is 13.3. The molecule has 1 heteroatoms. The molecule has 1 nitrogen and oxygen atoms in total. The van der Waals surface area contributed by atoms with Crippen molar-refractivity contribution in [3.8, 4) is 33.4 Å². The summed E-state index contributed by atoms with van der Waals surface area (Å²) in [5.74, 6) is 0. The van der Waals surface area contributed by atoms with Gasteiger partial charge in [-0.15, -0.1) is 0 Å². The Labute approximate surface area is 279 Å². The van der Waals surface area contributed by atoms with Gasteiger partial charge in [-0.25, -0.2) is 0 Å². The largest absolute Gasteiger partial charge is 0.455 e. The van der Waals surface area contributed by atoms with Crippen LogP contribution in [0.15, 0.2) is 174 Å². The second-order valence-corrected chi connectivity index (χ2v) is 12.1. The van der Waals surface area contributed by atoms with Gasteiger partial charge in [0.2, 0.25) is 0 Å². The lowest BCUT2D eigenvalue weighted by Gasteiger charge is -2.18. The van der Waals surface area contributed by atoms with Crippen molar-refractivity contribution in [3.63, 3.8) is 0 Å². The van der Waals surface area contributed by atoms with Crippen molar-refractivity contribution >= 4 is 65.0 Å². The number of rotatable bonds is 3. The van der Waals surface area contributed by atoms with Crippen LogP contribution in [-0.2, 0) is 0 Å². The van der Waals surface area contributed by atoms with Gasteiger partial charge in [-0.1, -0.05) is 139 Å². The highest BCUT2D eigenvalue weighted by Gasteiger charge is 2.18. The molecule has 1 heterocycles. The van der Waals surface area contributed by atoms with Crippen LogP contribution in [0, 0.1) is 0 Å². The minimum Gasteiger partial charge on any atom is -0.455 e. The van der Waals surface area contributed by atoms with Crippen molar-refractivity contribution in [2.24, 2.45) is 0 Å². The lowest BCUT2D eigenvalue weighted by Crippen LogP contribution is -1.91. The van der Waals surface area contributed by atoms with E-state index < -0.39 is 6.04 Å². The molecule has 0 fully saturated rings. The van der Waals surface area contributed by atoms with Gasteiger partial charge in [0.05, 0.1) is 6.85 Å². The molecule has 0 unspecified atom stereocenters. The van der Waals surface area contributed by atoms with Crippen molar-refractivity contribution in [2.75, 3.05) is 0 Å². The Morgan fingerprint density at radius 2 is 0.872 bits per heavy atom. The topological polar surface area (TPSA) is 13.1 Å². The van der Waals surface area contributed by atoms with E-state index in [1.807, 2.05) is 18.2 Å². The molecule has 0 amide bonds. The van der Waals surface area contributed by atoms with Gasteiger partial charge in [0.15, 0.2) is 0 Å². The average molecular weight is 602 g/mol. The van der Waals surface area contributed by atoms with Crippen molar-refractivity contribution < 1.29 is 11.3 Å². The van der Waals surface area contributed by atoms with Gasteiger partial charge >= 0.3 is 0 Å². The predicted octanol–water partition coefficient (Wildman–Crippen LogP) is 13.2. The van der Waals surface area contributed by atoms with Crippen LogP contribution in [-0.4, -0.2) is 0 Å². The summed E-state index contributed by atoms with van der Waals surface area (Å²) in [4.78, 5) is 0. The molecule has 0 saturated carbocycles. The van der Waals surface area contributed by atoms with Crippen LogP contribution in [0.2, 0.25) is 0 Å². The van der Waals surface area contributed by atoms with E-state index >= 15 is 0 Å². The van der Waals surface area contributed by atoms with E-state index in [1.165, 1.54) is 0 Å². The molecular weight excluding hydrogens is 569 g/mol. The Bertz CT molecular complexity index is 3050. The fourth-order valence-corrected chi connectivity index (χ4v) is 7.36. The molecule has 1 aromatic heterocycles. The summed E-state index contributed by atoms with van der Waals surface area (Å²) in [6.45, 7) is 0. The number of furan rings is 1. The third kappa shape index (κ3) is 4.03. The third-order valence-electron chi connectivity index (χ3n) is 9.50. The Hall–Kier alpha value is -6.18. The van der Waals surface area contributed by atoms with Gasteiger partial charge in [-0.05, 0) is 101 Å². The second-order valence-electron chi connectivity index (χ2n) is 12.1. The van der Waals surface area contributed by atoms with E-state index in [4.69, 9.17) is 11.3 Å². The maximum absolute atomic E-state index is 8.48. The highest BCUT2D eigenvalue weighted by Crippen LogP contribution is 2.45. The summed E-state index contributed by atoms with van der Waals surface area (Å²) in [6, 6.07) is 47.0. The molecule has 0 spiro atoms. The Balaban J connectivity index is 1.16. The highest BCUT2D eigenvalue weighted by molar-refractivity contribution is 6.23. The van der Waals surface area contributed by atoms with Crippen molar-refractivity contribution in [1.82, 2.24) is 0 Å². The maximum atomic E-state index is 8.48. The Morgan fingerprint density at radius 3 is 1.55 bits per heavy atom. The molecule has 0 radical (unpaired) electrons. The van der Waals surface area contributed by atoms with Crippen molar-refractivity contribution in [2.45, 2.75) is 0 Å². The first-order chi connectivity index (χ1) is 25.4. The molecule has 10 aromatic rings. The zero-order valence-electron chi connectivity index (χ0n) is 30.2. The fraction of sp³-hybridized carbons (Fsp3) is 0. The number of benzene rings is 9. The monoisotopic (exact) mass is 601 g/mol. The number of hydrogen-bond acceptors (Lipinski definition) is 1. The van der Waals surface area contributed by atoms with Gasteiger partial charge in [0.25, 0.3) is 0 Å². The van der Waals surface area contributed by atoms with Gasteiger partial charge in [-0.2, -0.15) is 0 Å². The minimum absolute atomic E-state index is 0.201. The first-order valence-corrected chi connectivity index (χ1v) is 15.8. The van der Waals surface area contributed by atoms with E-state index in [0.717, 1.165) is 87.3 Å². The van der Waals surface area contributed by atoms with Gasteiger partial charge in [0.1, 0.15) is 11.2 Å². The Morgan fingerprint density at radius 1 is 0.362 bits per heavy atom. The average Bonchev–Trinajstić information content (AvgIpc) is 3.56. The van der Waals surface area contributed by atoms with E-state index in [1.54, 1.807) is 0 Å². The number of hydrogen-bond donors (Lipinski definition) is 0. The molecule has 0 atom stereocenters. The molecule has 0 aliphatic carbocycles. The molecule has 9 aromatic carbocycles. The van der Waals surface area contributed by atoms with E-state index in [-0.39, 0.29) is 29.7 Å². The summed E-state index contributed by atoms with van der Waals surface area (Å²) in [5.41, 5.74) is 7.03. The van der Waals surface area contributed by atoms with Gasteiger partial charge in [-0.3, -0.25) is 0 Å². The molecule has 0 bridgehead atoms. The predicted molar refractivity (Wildman–Crippen MR) is 200 cm³/mol. The summed E-state index contributed by atoms with van der Waals surface area (Å²) in [5, 5.41) is 11.0. The van der Waals surface area contributed by atoms with Crippen LogP contribution in [0.25, 0.3) is 98.4 Å². The van der Waals surface area contributed by atoms with Crippen LogP contribution < -0.4 is 0 Å². The second kappa shape index (κ2) is 10.2. The summed E-state index contributed by atoms with van der Waals surface area (Å²) < 4.78 is 47.8. The smallest absolute Gasteiger partial charge is 0.143 e. The molecule has 0 aliphatic rings. The van der Waals surface area contributed by atoms with Crippen LogP contribution in [0.1, 0.15) is 6.85 Å². The summed E-state index contributed by atoms with van der Waals surface area (Å²) >= 11 is 0. The van der Waals surface area contributed by atoms with Crippen LogP contribution in [0.4, 0.5) is 0 Å². The van der Waals surface area contributed by atoms with E-state index in [9.17, 15) is 0 Å².